The minimum absolute atomic E-state index is 0.0258. The molecule has 6 aromatic carbocycles. The molecule has 0 aromatic heterocycles. The number of nitrogens with zero attached hydrogens (tertiary/aromatic N) is 2. The van der Waals surface area contributed by atoms with E-state index in [1.54, 1.807) is 12.1 Å². The van der Waals surface area contributed by atoms with Gasteiger partial charge in [0.15, 0.2) is 18.3 Å². The number of hydrogen-bond acceptors (Lipinski definition) is 9. The summed E-state index contributed by atoms with van der Waals surface area (Å²) in [6.07, 6.45) is 17.0. The molecule has 6 aromatic rings. The summed E-state index contributed by atoms with van der Waals surface area (Å²) in [6.45, 7) is 13.2. The standard InChI is InChI=1S/C72H84N2O8/c1-9-53(76)43-59-45-58(30-18-29-57-44-56(27-14-19-46(2)75)79-69(80-57)51-24-16-26-54(77)41-51)81-70(82-59)52-25-17-28-55(42-52)78-68-49(35-39-64-71(3,4)66-60-31-12-10-20-47(60)33-37-62(66)73(64)7)22-15-23-50(68)36-40-65-72(5,6)67-61-32-13-11-21-48(61)34-38-63(67)74(65)8/h10-13,16-17,20-21,24-26,28,31-42,46,53,56-59,69-70,75-76H,9,14-15,18-19,22-23,27,29-30,43-45H2,1-8H3/p+1/t46-,53?,56?,57?,58?,59?,69?,70?/m0/s1. The maximum atomic E-state index is 11.0. The van der Waals surface area contributed by atoms with E-state index in [-0.39, 0.29) is 47.1 Å². The van der Waals surface area contributed by atoms with Gasteiger partial charge in [-0.1, -0.05) is 106 Å². The van der Waals surface area contributed by atoms with Gasteiger partial charge in [-0.3, -0.25) is 0 Å². The van der Waals surface area contributed by atoms with Gasteiger partial charge < -0.3 is 43.9 Å². The number of phenolic OH excluding ortho intramolecular Hbond substituents is 1. The molecule has 0 radical (unpaired) electrons. The van der Waals surface area contributed by atoms with Crippen LogP contribution in [0.3, 0.4) is 0 Å². The Morgan fingerprint density at radius 3 is 1.99 bits per heavy atom. The molecule has 7 unspecified atom stereocenters. The van der Waals surface area contributed by atoms with E-state index in [2.05, 4.69) is 160 Å². The molecule has 82 heavy (non-hydrogen) atoms. The van der Waals surface area contributed by atoms with Gasteiger partial charge in [-0.05, 0) is 178 Å². The molecular weight excluding hydrogens is 1020 g/mol. The number of allylic oxidation sites excluding steroid dienone is 7. The van der Waals surface area contributed by atoms with Gasteiger partial charge in [0.25, 0.3) is 0 Å². The molecule has 0 saturated carbocycles. The summed E-state index contributed by atoms with van der Waals surface area (Å²) in [5, 5.41) is 36.4. The van der Waals surface area contributed by atoms with E-state index in [4.69, 9.17) is 23.7 Å². The average Bonchev–Trinajstić information content (AvgIpc) is 2.58. The van der Waals surface area contributed by atoms with Crippen LogP contribution in [0.25, 0.3) is 21.5 Å². The molecule has 0 bridgehead atoms. The van der Waals surface area contributed by atoms with E-state index in [0.29, 0.717) is 25.0 Å². The van der Waals surface area contributed by atoms with Gasteiger partial charge in [-0.2, -0.15) is 4.58 Å². The largest absolute Gasteiger partial charge is 0.508 e. The third-order valence-electron chi connectivity index (χ3n) is 18.2. The number of aliphatic hydroxyl groups excluding tert-OH is 2. The second kappa shape index (κ2) is 24.5. The van der Waals surface area contributed by atoms with Gasteiger partial charge in [-0.25, -0.2) is 0 Å². The van der Waals surface area contributed by atoms with Crippen molar-refractivity contribution in [3.8, 4) is 11.5 Å². The van der Waals surface area contributed by atoms with Crippen molar-refractivity contribution in [2.75, 3.05) is 19.0 Å². The van der Waals surface area contributed by atoms with Crippen molar-refractivity contribution in [3.05, 3.63) is 190 Å². The first kappa shape index (κ1) is 57.4. The Hall–Kier alpha value is -6.37. The lowest BCUT2D eigenvalue weighted by atomic mass is 9.78. The lowest BCUT2D eigenvalue weighted by Gasteiger charge is -2.38. The smallest absolute Gasteiger partial charge is 0.210 e. The van der Waals surface area contributed by atoms with Gasteiger partial charge in [0, 0.05) is 65.5 Å². The quantitative estimate of drug-likeness (QED) is 0.0724. The molecule has 2 fully saturated rings. The maximum absolute atomic E-state index is 11.0. The molecule has 4 aliphatic heterocycles. The molecule has 11 rings (SSSR count). The van der Waals surface area contributed by atoms with Crippen LogP contribution < -0.4 is 9.64 Å². The van der Waals surface area contributed by atoms with Gasteiger partial charge in [-0.15, -0.1) is 0 Å². The first-order chi connectivity index (χ1) is 39.5. The fraction of sp³-hybridized carbons (Fsp3) is 0.431. The Morgan fingerprint density at radius 1 is 0.683 bits per heavy atom. The lowest BCUT2D eigenvalue weighted by molar-refractivity contribution is -0.401. The topological polar surface area (TPSA) is 113 Å². The molecule has 2 saturated heterocycles. The summed E-state index contributed by atoms with van der Waals surface area (Å²) in [4.78, 5) is 2.36. The van der Waals surface area contributed by atoms with Crippen molar-refractivity contribution in [3.63, 3.8) is 0 Å². The Balaban J connectivity index is 0.878. The molecule has 3 N–H and O–H groups in total. The normalized spacial score (nSPS) is 25.2. The molecular formula is C72H85N2O8+. The van der Waals surface area contributed by atoms with Crippen LogP contribution in [0.15, 0.2) is 168 Å². The second-order valence-electron chi connectivity index (χ2n) is 24.8. The molecule has 0 spiro atoms. The first-order valence-corrected chi connectivity index (χ1v) is 30.3. The number of fused-ring (bicyclic) bond motifs is 6. The highest BCUT2D eigenvalue weighted by Gasteiger charge is 2.45. The highest BCUT2D eigenvalue weighted by atomic mass is 16.7. The number of benzene rings is 6. The summed E-state index contributed by atoms with van der Waals surface area (Å²) in [5.41, 5.74) is 11.1. The number of likely N-dealkylation sites (N-methyl/N-ethyl adjacent to an activating group) is 1. The van der Waals surface area contributed by atoms with Crippen molar-refractivity contribution >= 4 is 38.6 Å². The molecule has 4 heterocycles. The zero-order valence-electron chi connectivity index (χ0n) is 49.4. The Morgan fingerprint density at radius 2 is 1.30 bits per heavy atom. The molecule has 5 aliphatic rings. The van der Waals surface area contributed by atoms with E-state index in [0.717, 1.165) is 92.2 Å². The van der Waals surface area contributed by atoms with E-state index in [1.807, 2.05) is 38.1 Å². The van der Waals surface area contributed by atoms with Gasteiger partial charge in [0.05, 0.1) is 42.0 Å². The highest BCUT2D eigenvalue weighted by molar-refractivity contribution is 6.07. The first-order valence-electron chi connectivity index (χ1n) is 30.3. The number of phenols is 1. The molecule has 0 amide bonds. The summed E-state index contributed by atoms with van der Waals surface area (Å²) in [5.74, 6) is 1.76. The van der Waals surface area contributed by atoms with Crippen LogP contribution in [-0.2, 0) is 29.8 Å². The maximum Gasteiger partial charge on any atom is 0.210 e. The van der Waals surface area contributed by atoms with Crippen molar-refractivity contribution in [1.82, 2.24) is 0 Å². The summed E-state index contributed by atoms with van der Waals surface area (Å²) >= 11 is 0. The van der Waals surface area contributed by atoms with E-state index in [9.17, 15) is 15.3 Å². The summed E-state index contributed by atoms with van der Waals surface area (Å²) < 4.78 is 36.4. The van der Waals surface area contributed by atoms with Crippen LogP contribution >= 0.6 is 0 Å². The molecule has 1 aliphatic carbocycles. The van der Waals surface area contributed by atoms with Crippen LogP contribution in [0, 0.1) is 0 Å². The molecule has 430 valence electrons. The Kier molecular flexibility index (Phi) is 17.1. The number of aliphatic hydroxyl groups is 2. The monoisotopic (exact) mass is 1110 g/mol. The Labute approximate surface area is 486 Å². The van der Waals surface area contributed by atoms with Crippen LogP contribution in [0.4, 0.5) is 11.4 Å². The summed E-state index contributed by atoms with van der Waals surface area (Å²) in [7, 11) is 4.39. The van der Waals surface area contributed by atoms with Crippen molar-refractivity contribution in [1.29, 1.82) is 0 Å². The van der Waals surface area contributed by atoms with Gasteiger partial charge in [0.2, 0.25) is 5.69 Å². The fourth-order valence-corrected chi connectivity index (χ4v) is 13.9. The van der Waals surface area contributed by atoms with Crippen molar-refractivity contribution in [2.45, 2.75) is 185 Å². The zero-order valence-corrected chi connectivity index (χ0v) is 49.4. The van der Waals surface area contributed by atoms with E-state index < -0.39 is 18.7 Å². The SMILES string of the molecule is CCC(O)CC1CC(CCCC2CC(CCC[C@H](C)O)OC(c3cccc(O)c3)O2)OC(c2cccc(OC3=C(/C=C/C4=[N+](C)c5ccc6ccccc6c5C4(C)C)CCC/C3=C\C=C3\N(C)c4ccc5ccccc5c4C3(C)C)c2)O1. The zero-order chi connectivity index (χ0) is 57.3. The minimum Gasteiger partial charge on any atom is -0.508 e. The predicted molar refractivity (Wildman–Crippen MR) is 329 cm³/mol. The highest BCUT2D eigenvalue weighted by Crippen LogP contribution is 2.51. The minimum atomic E-state index is -0.657. The van der Waals surface area contributed by atoms with E-state index in [1.165, 1.54) is 55.5 Å². The molecule has 10 heteroatoms. The van der Waals surface area contributed by atoms with Crippen LogP contribution in [0.2, 0.25) is 0 Å². The number of aromatic hydroxyl groups is 1. The molecule has 10 nitrogen and oxygen atoms in total. The number of anilines is 1. The van der Waals surface area contributed by atoms with Crippen LogP contribution in [0.5, 0.6) is 11.5 Å². The number of rotatable bonds is 18. The fourth-order valence-electron chi connectivity index (χ4n) is 13.9. The van der Waals surface area contributed by atoms with Crippen LogP contribution in [0.1, 0.15) is 160 Å². The second-order valence-corrected chi connectivity index (χ2v) is 24.8. The predicted octanol–water partition coefficient (Wildman–Crippen LogP) is 15.9. The average molecular weight is 1110 g/mol. The van der Waals surface area contributed by atoms with Gasteiger partial charge >= 0.3 is 0 Å². The van der Waals surface area contributed by atoms with Crippen molar-refractivity contribution < 1.29 is 43.6 Å². The van der Waals surface area contributed by atoms with Crippen LogP contribution in [-0.4, -0.2) is 76.3 Å². The molecule has 8 atom stereocenters. The van der Waals surface area contributed by atoms with Crippen molar-refractivity contribution in [2.24, 2.45) is 0 Å². The Bertz CT molecular complexity index is 3460. The third kappa shape index (κ3) is 12.0. The van der Waals surface area contributed by atoms with Gasteiger partial charge in [0.1, 0.15) is 24.3 Å². The lowest BCUT2D eigenvalue weighted by Crippen LogP contribution is -2.36. The third-order valence-corrected chi connectivity index (χ3v) is 18.2. The number of ether oxygens (including phenoxy) is 5. The summed E-state index contributed by atoms with van der Waals surface area (Å²) in [6, 6.07) is 41.8. The number of hydrogen-bond donors (Lipinski definition) is 3. The van der Waals surface area contributed by atoms with E-state index >= 15 is 0 Å².